The Bertz CT molecular complexity index is 1000. The lowest BCUT2D eigenvalue weighted by atomic mass is 10.2. The summed E-state index contributed by atoms with van der Waals surface area (Å²) < 4.78 is 5.60. The molecule has 28 heavy (non-hydrogen) atoms. The van der Waals surface area contributed by atoms with Crippen LogP contribution in [0.3, 0.4) is 0 Å². The number of amides is 3. The molecule has 3 rings (SSSR count). The van der Waals surface area contributed by atoms with Gasteiger partial charge in [0.05, 0.1) is 16.8 Å². The quantitative estimate of drug-likeness (QED) is 0.552. The molecule has 0 spiro atoms. The number of urea groups is 1. The summed E-state index contributed by atoms with van der Waals surface area (Å²) in [7, 11) is 0. The zero-order valence-electron chi connectivity index (χ0n) is 15.0. The van der Waals surface area contributed by atoms with Crippen molar-refractivity contribution >= 4 is 50.3 Å². The average Bonchev–Trinajstić information content (AvgIpc) is 3.09. The van der Waals surface area contributed by atoms with Crippen molar-refractivity contribution in [3.8, 4) is 0 Å². The third-order valence-corrected chi connectivity index (χ3v) is 4.55. The molecule has 0 aliphatic rings. The van der Waals surface area contributed by atoms with Crippen molar-refractivity contribution in [3.05, 3.63) is 54.1 Å². The first-order chi connectivity index (χ1) is 13.5. The molecule has 1 aromatic heterocycles. The smallest absolute Gasteiger partial charge is 0.325 e. The maximum absolute atomic E-state index is 12.2. The minimum absolute atomic E-state index is 0.214. The first-order valence-corrected chi connectivity index (χ1v) is 9.34. The van der Waals surface area contributed by atoms with Crippen LogP contribution in [0.1, 0.15) is 17.3 Å². The van der Waals surface area contributed by atoms with Crippen LogP contribution in [0.25, 0.3) is 10.2 Å². The lowest BCUT2D eigenvalue weighted by molar-refractivity contribution is -0.141. The molecule has 1 heterocycles. The molecule has 0 saturated heterocycles. The molecule has 9 heteroatoms. The Labute approximate surface area is 164 Å². The number of carbonyl (C=O) groups excluding carboxylic acids is 3. The van der Waals surface area contributed by atoms with Crippen molar-refractivity contribution in [2.75, 3.05) is 23.8 Å². The largest absolute Gasteiger partial charge is 0.465 e. The van der Waals surface area contributed by atoms with E-state index < -0.39 is 12.0 Å². The summed E-state index contributed by atoms with van der Waals surface area (Å²) in [5.41, 5.74) is 1.69. The minimum atomic E-state index is -0.528. The Hall–Kier alpha value is -3.46. The second-order valence-corrected chi connectivity index (χ2v) is 6.67. The monoisotopic (exact) mass is 398 g/mol. The zero-order chi connectivity index (χ0) is 19.9. The van der Waals surface area contributed by atoms with Gasteiger partial charge in [-0.3, -0.25) is 14.9 Å². The van der Waals surface area contributed by atoms with Crippen molar-refractivity contribution in [1.29, 1.82) is 0 Å². The molecule has 0 aliphatic carbocycles. The minimum Gasteiger partial charge on any atom is -0.465 e. The molecular formula is C19H18N4O4S. The van der Waals surface area contributed by atoms with Gasteiger partial charge >= 0.3 is 12.0 Å². The number of hydrogen-bond acceptors (Lipinski definition) is 6. The number of nitrogens with zero attached hydrogens (tertiary/aromatic N) is 1. The van der Waals surface area contributed by atoms with Gasteiger partial charge in [0.25, 0.3) is 5.91 Å². The third kappa shape index (κ3) is 5.04. The fourth-order valence-electron chi connectivity index (χ4n) is 2.36. The third-order valence-electron chi connectivity index (χ3n) is 3.60. The predicted molar refractivity (Wildman–Crippen MR) is 108 cm³/mol. The van der Waals surface area contributed by atoms with E-state index in [-0.39, 0.29) is 19.1 Å². The molecule has 144 valence electrons. The van der Waals surface area contributed by atoms with Crippen molar-refractivity contribution < 1.29 is 19.1 Å². The van der Waals surface area contributed by atoms with Crippen molar-refractivity contribution in [2.45, 2.75) is 6.92 Å². The predicted octanol–water partition coefficient (Wildman–Crippen LogP) is 3.23. The Kier molecular flexibility index (Phi) is 6.18. The number of nitrogens with one attached hydrogen (secondary N) is 3. The summed E-state index contributed by atoms with van der Waals surface area (Å²) in [6.45, 7) is 1.73. The zero-order valence-corrected chi connectivity index (χ0v) is 15.8. The molecule has 3 amide bonds. The van der Waals surface area contributed by atoms with Gasteiger partial charge in [-0.25, -0.2) is 9.78 Å². The van der Waals surface area contributed by atoms with Gasteiger partial charge in [0.2, 0.25) is 0 Å². The van der Waals surface area contributed by atoms with E-state index in [2.05, 4.69) is 20.9 Å². The highest BCUT2D eigenvalue weighted by atomic mass is 32.1. The van der Waals surface area contributed by atoms with E-state index in [0.717, 1.165) is 4.70 Å². The van der Waals surface area contributed by atoms with Gasteiger partial charge in [0.15, 0.2) is 5.13 Å². The van der Waals surface area contributed by atoms with Crippen LogP contribution < -0.4 is 16.0 Å². The molecule has 0 unspecified atom stereocenters. The number of aromatic nitrogens is 1. The van der Waals surface area contributed by atoms with Crippen LogP contribution >= 0.6 is 11.3 Å². The second kappa shape index (κ2) is 8.96. The van der Waals surface area contributed by atoms with E-state index in [1.165, 1.54) is 11.3 Å². The molecule has 3 aromatic rings. The van der Waals surface area contributed by atoms with Gasteiger partial charge in [-0.15, -0.1) is 0 Å². The molecular weight excluding hydrogens is 380 g/mol. The van der Waals surface area contributed by atoms with E-state index in [9.17, 15) is 14.4 Å². The van der Waals surface area contributed by atoms with E-state index in [1.807, 2.05) is 6.07 Å². The first kappa shape index (κ1) is 19.3. The number of thiazole rings is 1. The second-order valence-electron chi connectivity index (χ2n) is 5.63. The van der Waals surface area contributed by atoms with Crippen molar-refractivity contribution in [3.63, 3.8) is 0 Å². The van der Waals surface area contributed by atoms with E-state index >= 15 is 0 Å². The summed E-state index contributed by atoms with van der Waals surface area (Å²) in [6.07, 6.45) is 0. The summed E-state index contributed by atoms with van der Waals surface area (Å²) in [6, 6.07) is 13.5. The maximum Gasteiger partial charge on any atom is 0.325 e. The van der Waals surface area contributed by atoms with Crippen LogP contribution in [0.2, 0.25) is 0 Å². The lowest BCUT2D eigenvalue weighted by Crippen LogP contribution is -2.34. The molecule has 8 nitrogen and oxygen atoms in total. The molecule has 0 bridgehead atoms. The fraction of sp³-hybridized carbons (Fsp3) is 0.158. The summed E-state index contributed by atoms with van der Waals surface area (Å²) >= 11 is 1.33. The van der Waals surface area contributed by atoms with Crippen molar-refractivity contribution in [2.24, 2.45) is 0 Å². The summed E-state index contributed by atoms with van der Waals surface area (Å²) in [4.78, 5) is 39.7. The Morgan fingerprint density at radius 2 is 1.86 bits per heavy atom. The Balaban J connectivity index is 1.63. The van der Waals surface area contributed by atoms with Crippen LogP contribution in [0, 0.1) is 0 Å². The number of benzene rings is 2. The van der Waals surface area contributed by atoms with E-state index in [4.69, 9.17) is 4.74 Å². The highest BCUT2D eigenvalue weighted by Crippen LogP contribution is 2.28. The van der Waals surface area contributed by atoms with Gasteiger partial charge in [0, 0.05) is 11.3 Å². The molecule has 3 N–H and O–H groups in total. The number of hydrogen-bond donors (Lipinski definition) is 3. The molecule has 2 aromatic carbocycles. The molecule has 0 saturated carbocycles. The Morgan fingerprint density at radius 1 is 1.07 bits per heavy atom. The number of rotatable bonds is 6. The van der Waals surface area contributed by atoms with Crippen molar-refractivity contribution in [1.82, 2.24) is 10.3 Å². The molecule has 0 atom stereocenters. The van der Waals surface area contributed by atoms with Crippen LogP contribution in [0.5, 0.6) is 0 Å². The number of fused-ring (bicyclic) bond motifs is 1. The summed E-state index contributed by atoms with van der Waals surface area (Å²) in [5, 5.41) is 8.28. The van der Waals surface area contributed by atoms with Crippen LogP contribution in [0.4, 0.5) is 15.6 Å². The molecule has 0 aliphatic heterocycles. The van der Waals surface area contributed by atoms with E-state index in [1.54, 1.807) is 49.4 Å². The van der Waals surface area contributed by atoms with Gasteiger partial charge in [-0.05, 0) is 37.3 Å². The number of ether oxygens (including phenoxy) is 1. The van der Waals surface area contributed by atoms with E-state index in [0.29, 0.717) is 21.9 Å². The maximum atomic E-state index is 12.2. The molecule has 0 radical (unpaired) electrons. The van der Waals surface area contributed by atoms with Crippen LogP contribution in [-0.4, -0.2) is 36.0 Å². The van der Waals surface area contributed by atoms with Gasteiger partial charge in [0.1, 0.15) is 6.54 Å². The standard InChI is InChI=1S/C19H18N4O4S/c1-2-27-16(24)11-20-18(26)21-13-8-9-15-14(10-13)22-19(28-15)23-17(25)12-6-4-3-5-7-12/h3-10H,2,11H2,1H3,(H2,20,21,26)(H,22,23,25). The highest BCUT2D eigenvalue weighted by molar-refractivity contribution is 7.22. The Morgan fingerprint density at radius 3 is 2.61 bits per heavy atom. The normalized spacial score (nSPS) is 10.3. The number of carbonyl (C=O) groups is 3. The van der Waals surface area contributed by atoms with Crippen LogP contribution in [0.15, 0.2) is 48.5 Å². The van der Waals surface area contributed by atoms with Gasteiger partial charge in [-0.1, -0.05) is 29.5 Å². The number of anilines is 2. The first-order valence-electron chi connectivity index (χ1n) is 8.52. The lowest BCUT2D eigenvalue weighted by Gasteiger charge is -2.07. The summed E-state index contributed by atoms with van der Waals surface area (Å²) in [5.74, 6) is -0.747. The highest BCUT2D eigenvalue weighted by Gasteiger charge is 2.11. The van der Waals surface area contributed by atoms with Gasteiger partial charge < -0.3 is 15.4 Å². The molecule has 0 fully saturated rings. The fourth-order valence-corrected chi connectivity index (χ4v) is 3.20. The van der Waals surface area contributed by atoms with Gasteiger partial charge in [-0.2, -0.15) is 0 Å². The SMILES string of the molecule is CCOC(=O)CNC(=O)Nc1ccc2sc(NC(=O)c3ccccc3)nc2c1. The topological polar surface area (TPSA) is 109 Å². The average molecular weight is 398 g/mol. The number of esters is 1. The van der Waals surface area contributed by atoms with Crippen LogP contribution in [-0.2, 0) is 9.53 Å².